The number of nitrogens with one attached hydrogen (secondary N) is 2. The van der Waals surface area contributed by atoms with E-state index >= 15 is 0 Å². The van der Waals surface area contributed by atoms with E-state index in [-0.39, 0.29) is 12.1 Å². The van der Waals surface area contributed by atoms with Crippen LogP contribution in [0.1, 0.15) is 57.8 Å². The summed E-state index contributed by atoms with van der Waals surface area (Å²) in [6.45, 7) is 2.75. The van der Waals surface area contributed by atoms with Gasteiger partial charge in [-0.05, 0) is 38.6 Å². The zero-order chi connectivity index (χ0) is 14.2. The first-order chi connectivity index (χ1) is 9.79. The molecule has 116 valence electrons. The van der Waals surface area contributed by atoms with Gasteiger partial charge < -0.3 is 15.5 Å². The minimum atomic E-state index is 0.153. The van der Waals surface area contributed by atoms with Gasteiger partial charge in [0.05, 0.1) is 0 Å². The van der Waals surface area contributed by atoms with Gasteiger partial charge in [-0.1, -0.05) is 32.1 Å². The number of hydrogen-bond donors (Lipinski definition) is 2. The van der Waals surface area contributed by atoms with Crippen LogP contribution in [0.4, 0.5) is 4.79 Å². The molecule has 0 spiro atoms. The fourth-order valence-corrected chi connectivity index (χ4v) is 3.63. The van der Waals surface area contributed by atoms with E-state index in [1.165, 1.54) is 38.5 Å². The van der Waals surface area contributed by atoms with Crippen LogP contribution >= 0.6 is 0 Å². The number of carbonyl (C=O) groups excluding carboxylic acids is 1. The molecule has 2 fully saturated rings. The first kappa shape index (κ1) is 15.6. The summed E-state index contributed by atoms with van der Waals surface area (Å²) in [6.07, 6.45) is 11.6. The Morgan fingerprint density at radius 1 is 1.10 bits per heavy atom. The zero-order valence-electron chi connectivity index (χ0n) is 13.0. The molecule has 1 aliphatic heterocycles. The fourth-order valence-electron chi connectivity index (χ4n) is 3.63. The maximum absolute atomic E-state index is 12.3. The number of carbonyl (C=O) groups is 1. The van der Waals surface area contributed by atoms with E-state index in [4.69, 9.17) is 0 Å². The predicted octanol–water partition coefficient (Wildman–Crippen LogP) is 2.74. The molecular weight excluding hydrogens is 250 g/mol. The molecule has 0 aromatic heterocycles. The minimum Gasteiger partial charge on any atom is -0.334 e. The van der Waals surface area contributed by atoms with E-state index in [0.717, 1.165) is 44.8 Å². The van der Waals surface area contributed by atoms with Gasteiger partial charge in [-0.25, -0.2) is 4.79 Å². The highest BCUT2D eigenvalue weighted by molar-refractivity contribution is 5.74. The van der Waals surface area contributed by atoms with Gasteiger partial charge in [0, 0.05) is 25.7 Å². The van der Waals surface area contributed by atoms with Gasteiger partial charge in [0.1, 0.15) is 0 Å². The predicted molar refractivity (Wildman–Crippen MR) is 82.9 cm³/mol. The molecule has 20 heavy (non-hydrogen) atoms. The van der Waals surface area contributed by atoms with Crippen LogP contribution in [0.2, 0.25) is 0 Å². The molecule has 1 atom stereocenters. The van der Waals surface area contributed by atoms with Crippen LogP contribution in [0.5, 0.6) is 0 Å². The van der Waals surface area contributed by atoms with E-state index < -0.39 is 0 Å². The highest BCUT2D eigenvalue weighted by Crippen LogP contribution is 2.27. The third-order valence-corrected chi connectivity index (χ3v) is 4.76. The summed E-state index contributed by atoms with van der Waals surface area (Å²) >= 11 is 0. The molecule has 2 amide bonds. The second-order valence-electron chi connectivity index (χ2n) is 6.49. The number of hydrogen-bond acceptors (Lipinski definition) is 2. The number of piperidine rings is 1. The van der Waals surface area contributed by atoms with Crippen molar-refractivity contribution in [3.05, 3.63) is 0 Å². The maximum Gasteiger partial charge on any atom is 0.317 e. The Bertz CT molecular complexity index is 283. The molecule has 0 aromatic rings. The molecule has 0 aromatic carbocycles. The first-order valence-electron chi connectivity index (χ1n) is 8.49. The fraction of sp³-hybridized carbons (Fsp3) is 0.938. The monoisotopic (exact) mass is 281 g/mol. The summed E-state index contributed by atoms with van der Waals surface area (Å²) in [5.41, 5.74) is 0. The van der Waals surface area contributed by atoms with Crippen molar-refractivity contribution in [3.8, 4) is 0 Å². The molecule has 0 radical (unpaired) electrons. The van der Waals surface area contributed by atoms with Gasteiger partial charge in [-0.15, -0.1) is 0 Å². The summed E-state index contributed by atoms with van der Waals surface area (Å²) in [5, 5.41) is 6.49. The van der Waals surface area contributed by atoms with Gasteiger partial charge in [-0.2, -0.15) is 0 Å². The highest BCUT2D eigenvalue weighted by atomic mass is 16.2. The molecule has 4 nitrogen and oxygen atoms in total. The SMILES string of the molecule is CNCC(CC1CCCCC1)NC(=O)N1CCCCC1. The minimum absolute atomic E-state index is 0.153. The summed E-state index contributed by atoms with van der Waals surface area (Å²) in [4.78, 5) is 14.3. The third-order valence-electron chi connectivity index (χ3n) is 4.76. The van der Waals surface area contributed by atoms with Crippen LogP contribution in [0.15, 0.2) is 0 Å². The molecule has 2 aliphatic rings. The molecule has 1 heterocycles. The Morgan fingerprint density at radius 2 is 1.75 bits per heavy atom. The number of rotatable bonds is 5. The number of likely N-dealkylation sites (tertiary alicyclic amines) is 1. The van der Waals surface area contributed by atoms with Crippen molar-refractivity contribution in [2.45, 2.75) is 63.8 Å². The lowest BCUT2D eigenvalue weighted by Gasteiger charge is -2.31. The second-order valence-corrected chi connectivity index (χ2v) is 6.49. The Hall–Kier alpha value is -0.770. The number of nitrogens with zero attached hydrogens (tertiary/aromatic N) is 1. The second kappa shape index (κ2) is 8.50. The molecule has 1 aliphatic carbocycles. The highest BCUT2D eigenvalue weighted by Gasteiger charge is 2.23. The van der Waals surface area contributed by atoms with Crippen LogP contribution in [-0.2, 0) is 0 Å². The Kier molecular flexibility index (Phi) is 6.64. The molecule has 1 saturated heterocycles. The zero-order valence-corrected chi connectivity index (χ0v) is 13.0. The molecule has 4 heteroatoms. The molecule has 0 bridgehead atoms. The van der Waals surface area contributed by atoms with Crippen molar-refractivity contribution in [1.82, 2.24) is 15.5 Å². The van der Waals surface area contributed by atoms with Crippen molar-refractivity contribution < 1.29 is 4.79 Å². The number of amides is 2. The van der Waals surface area contributed by atoms with E-state index in [2.05, 4.69) is 10.6 Å². The van der Waals surface area contributed by atoms with E-state index in [9.17, 15) is 4.79 Å². The average molecular weight is 281 g/mol. The smallest absolute Gasteiger partial charge is 0.317 e. The first-order valence-corrected chi connectivity index (χ1v) is 8.49. The van der Waals surface area contributed by atoms with Gasteiger partial charge in [0.25, 0.3) is 0 Å². The van der Waals surface area contributed by atoms with E-state index in [1.54, 1.807) is 0 Å². The van der Waals surface area contributed by atoms with Gasteiger partial charge in [-0.3, -0.25) is 0 Å². The largest absolute Gasteiger partial charge is 0.334 e. The topological polar surface area (TPSA) is 44.4 Å². The van der Waals surface area contributed by atoms with Crippen LogP contribution in [0.3, 0.4) is 0 Å². The van der Waals surface area contributed by atoms with Crippen LogP contribution < -0.4 is 10.6 Å². The van der Waals surface area contributed by atoms with Gasteiger partial charge >= 0.3 is 6.03 Å². The molecule has 1 unspecified atom stereocenters. The van der Waals surface area contributed by atoms with E-state index in [1.807, 2.05) is 11.9 Å². The normalized spacial score (nSPS) is 22.6. The summed E-state index contributed by atoms with van der Waals surface area (Å²) in [7, 11) is 1.97. The lowest BCUT2D eigenvalue weighted by atomic mass is 9.85. The molecule has 1 saturated carbocycles. The summed E-state index contributed by atoms with van der Waals surface area (Å²) in [5.74, 6) is 0.809. The Labute approximate surface area is 123 Å². The van der Waals surface area contributed by atoms with Gasteiger partial charge in [0.2, 0.25) is 0 Å². The molecule has 2 rings (SSSR count). The quantitative estimate of drug-likeness (QED) is 0.814. The Balaban J connectivity index is 1.79. The van der Waals surface area contributed by atoms with Crippen molar-refractivity contribution >= 4 is 6.03 Å². The van der Waals surface area contributed by atoms with Gasteiger partial charge in [0.15, 0.2) is 0 Å². The van der Waals surface area contributed by atoms with Crippen molar-refractivity contribution in [2.75, 3.05) is 26.7 Å². The summed E-state index contributed by atoms with van der Waals surface area (Å²) in [6, 6.07) is 0.443. The number of likely N-dealkylation sites (N-methyl/N-ethyl adjacent to an activating group) is 1. The van der Waals surface area contributed by atoms with Crippen molar-refractivity contribution in [3.63, 3.8) is 0 Å². The van der Waals surface area contributed by atoms with Crippen LogP contribution in [-0.4, -0.2) is 43.7 Å². The van der Waals surface area contributed by atoms with Crippen LogP contribution in [0, 0.1) is 5.92 Å². The molecular formula is C16H31N3O. The van der Waals surface area contributed by atoms with E-state index in [0.29, 0.717) is 0 Å². The maximum atomic E-state index is 12.3. The van der Waals surface area contributed by atoms with Crippen molar-refractivity contribution in [1.29, 1.82) is 0 Å². The summed E-state index contributed by atoms with van der Waals surface area (Å²) < 4.78 is 0. The van der Waals surface area contributed by atoms with Crippen LogP contribution in [0.25, 0.3) is 0 Å². The molecule has 2 N–H and O–H groups in total. The number of urea groups is 1. The standard InChI is InChI=1S/C16H31N3O/c1-17-13-15(12-14-8-4-2-5-9-14)18-16(20)19-10-6-3-7-11-19/h14-15,17H,2-13H2,1H3,(H,18,20). The lowest BCUT2D eigenvalue weighted by molar-refractivity contribution is 0.178. The van der Waals surface area contributed by atoms with Crippen molar-refractivity contribution in [2.24, 2.45) is 5.92 Å². The average Bonchev–Trinajstić information content (AvgIpc) is 2.49. The Morgan fingerprint density at radius 3 is 2.40 bits per heavy atom. The third kappa shape index (κ3) is 4.97. The lowest BCUT2D eigenvalue weighted by Crippen LogP contribution is -2.50.